The summed E-state index contributed by atoms with van der Waals surface area (Å²) in [7, 11) is -3.51. The van der Waals surface area contributed by atoms with E-state index in [-0.39, 0.29) is 18.3 Å². The number of halogens is 2. The molecular weight excluding hydrogens is 314 g/mol. The predicted octanol–water partition coefficient (Wildman–Crippen LogP) is 2.11. The normalized spacial score (nSPS) is 16.2. The van der Waals surface area contributed by atoms with E-state index in [9.17, 15) is 22.0 Å². The van der Waals surface area contributed by atoms with E-state index in [4.69, 9.17) is 0 Å². The molecule has 1 aliphatic rings. The van der Waals surface area contributed by atoms with Crippen molar-refractivity contribution >= 4 is 21.6 Å². The van der Waals surface area contributed by atoms with Crippen LogP contribution in [0, 0.1) is 11.6 Å². The van der Waals surface area contributed by atoms with E-state index in [1.807, 2.05) is 0 Å². The lowest BCUT2D eigenvalue weighted by molar-refractivity contribution is -0.116. The molecule has 22 heavy (non-hydrogen) atoms. The minimum Gasteiger partial charge on any atom is -0.325 e. The largest absolute Gasteiger partial charge is 0.325 e. The van der Waals surface area contributed by atoms with Gasteiger partial charge in [-0.25, -0.2) is 17.2 Å². The van der Waals surface area contributed by atoms with Gasteiger partial charge >= 0.3 is 0 Å². The van der Waals surface area contributed by atoms with Crippen molar-refractivity contribution in [2.24, 2.45) is 0 Å². The van der Waals surface area contributed by atoms with E-state index in [1.165, 1.54) is 10.4 Å². The number of hydrogen-bond donors (Lipinski definition) is 1. The van der Waals surface area contributed by atoms with Gasteiger partial charge in [-0.1, -0.05) is 12.8 Å². The van der Waals surface area contributed by atoms with Crippen molar-refractivity contribution in [3.63, 3.8) is 0 Å². The molecule has 0 heterocycles. The number of amides is 1. The smallest absolute Gasteiger partial charge is 0.239 e. The number of benzene rings is 1. The summed E-state index contributed by atoms with van der Waals surface area (Å²) in [6.45, 7) is -0.331. The van der Waals surface area contributed by atoms with Crippen LogP contribution >= 0.6 is 0 Å². The first kappa shape index (κ1) is 16.8. The topological polar surface area (TPSA) is 66.5 Å². The summed E-state index contributed by atoms with van der Waals surface area (Å²) >= 11 is 0. The lowest BCUT2D eigenvalue weighted by atomic mass is 10.2. The van der Waals surface area contributed by atoms with Gasteiger partial charge in [0.1, 0.15) is 0 Å². The molecule has 1 fully saturated rings. The Labute approximate surface area is 128 Å². The summed E-state index contributed by atoms with van der Waals surface area (Å²) in [5, 5.41) is 2.38. The number of hydrogen-bond acceptors (Lipinski definition) is 3. The van der Waals surface area contributed by atoms with Gasteiger partial charge in [0, 0.05) is 17.8 Å². The standard InChI is InChI=1S/C14H18F2N2O3S/c1-22(20,21)18(11-4-2-3-5-11)9-14(19)17-10-6-7-12(15)13(16)8-10/h6-8,11H,2-5,9H2,1H3,(H,17,19). The van der Waals surface area contributed by atoms with Crippen LogP contribution in [0.15, 0.2) is 18.2 Å². The van der Waals surface area contributed by atoms with Gasteiger partial charge in [-0.3, -0.25) is 4.79 Å². The average Bonchev–Trinajstić information content (AvgIpc) is 2.92. The van der Waals surface area contributed by atoms with Crippen LogP contribution in [0.1, 0.15) is 25.7 Å². The van der Waals surface area contributed by atoms with Crippen LogP contribution in [0.25, 0.3) is 0 Å². The van der Waals surface area contributed by atoms with Gasteiger partial charge in [-0.15, -0.1) is 0 Å². The lowest BCUT2D eigenvalue weighted by Gasteiger charge is -2.25. The minimum atomic E-state index is -3.51. The molecule has 122 valence electrons. The number of nitrogens with zero attached hydrogens (tertiary/aromatic N) is 1. The zero-order chi connectivity index (χ0) is 16.3. The zero-order valence-corrected chi connectivity index (χ0v) is 13.0. The molecule has 1 aromatic carbocycles. The lowest BCUT2D eigenvalue weighted by Crippen LogP contribution is -2.43. The molecule has 1 amide bonds. The fourth-order valence-electron chi connectivity index (χ4n) is 2.63. The van der Waals surface area contributed by atoms with Crippen molar-refractivity contribution in [1.82, 2.24) is 4.31 Å². The molecule has 0 atom stereocenters. The molecule has 5 nitrogen and oxygen atoms in total. The second-order valence-electron chi connectivity index (χ2n) is 5.42. The SMILES string of the molecule is CS(=O)(=O)N(CC(=O)Nc1ccc(F)c(F)c1)C1CCCC1. The molecule has 8 heteroatoms. The number of carbonyl (C=O) groups excluding carboxylic acids is 1. The number of rotatable bonds is 5. The van der Waals surface area contributed by atoms with Gasteiger partial charge in [0.05, 0.1) is 12.8 Å². The van der Waals surface area contributed by atoms with Gasteiger partial charge in [0.15, 0.2) is 11.6 Å². The van der Waals surface area contributed by atoms with Crippen LogP contribution in [0.3, 0.4) is 0 Å². The first-order valence-electron chi connectivity index (χ1n) is 6.99. The van der Waals surface area contributed by atoms with Gasteiger partial charge in [-0.2, -0.15) is 4.31 Å². The Morgan fingerprint density at radius 2 is 1.91 bits per heavy atom. The summed E-state index contributed by atoms with van der Waals surface area (Å²) in [4.78, 5) is 12.0. The zero-order valence-electron chi connectivity index (χ0n) is 12.2. The molecule has 1 saturated carbocycles. The number of nitrogens with one attached hydrogen (secondary N) is 1. The Kier molecular flexibility index (Phi) is 5.12. The van der Waals surface area contributed by atoms with E-state index in [0.29, 0.717) is 0 Å². The van der Waals surface area contributed by atoms with Crippen molar-refractivity contribution in [1.29, 1.82) is 0 Å². The van der Waals surface area contributed by atoms with Crippen LogP contribution in [0.4, 0.5) is 14.5 Å². The summed E-state index contributed by atoms with van der Waals surface area (Å²) < 4.78 is 50.8. The van der Waals surface area contributed by atoms with Crippen LogP contribution in [0.2, 0.25) is 0 Å². The highest BCUT2D eigenvalue weighted by atomic mass is 32.2. The van der Waals surface area contributed by atoms with Gasteiger partial charge in [0.25, 0.3) is 0 Å². The first-order valence-corrected chi connectivity index (χ1v) is 8.84. The highest BCUT2D eigenvalue weighted by Crippen LogP contribution is 2.25. The second kappa shape index (κ2) is 6.70. The number of carbonyl (C=O) groups is 1. The molecule has 1 aliphatic carbocycles. The van der Waals surface area contributed by atoms with E-state index in [2.05, 4.69) is 5.32 Å². The first-order chi connectivity index (χ1) is 10.3. The molecule has 0 saturated heterocycles. The second-order valence-corrected chi connectivity index (χ2v) is 7.36. The highest BCUT2D eigenvalue weighted by molar-refractivity contribution is 7.88. The predicted molar refractivity (Wildman–Crippen MR) is 78.8 cm³/mol. The quantitative estimate of drug-likeness (QED) is 0.898. The van der Waals surface area contributed by atoms with Crippen LogP contribution < -0.4 is 5.32 Å². The van der Waals surface area contributed by atoms with Crippen LogP contribution in [0.5, 0.6) is 0 Å². The van der Waals surface area contributed by atoms with Gasteiger partial charge in [0.2, 0.25) is 15.9 Å². The monoisotopic (exact) mass is 332 g/mol. The van der Waals surface area contributed by atoms with Gasteiger partial charge in [-0.05, 0) is 25.0 Å². The molecule has 0 radical (unpaired) electrons. The maximum absolute atomic E-state index is 13.1. The fraction of sp³-hybridized carbons (Fsp3) is 0.500. The Hall–Kier alpha value is -1.54. The summed E-state index contributed by atoms with van der Waals surface area (Å²) in [6.07, 6.45) is 4.39. The maximum Gasteiger partial charge on any atom is 0.239 e. The number of sulfonamides is 1. The Bertz CT molecular complexity index is 658. The molecule has 0 aliphatic heterocycles. The summed E-state index contributed by atoms with van der Waals surface area (Å²) in [6, 6.07) is 2.80. The van der Waals surface area contributed by atoms with E-state index >= 15 is 0 Å². The molecular formula is C14H18F2N2O3S. The van der Waals surface area contributed by atoms with Crippen molar-refractivity contribution in [3.8, 4) is 0 Å². The fourth-order valence-corrected chi connectivity index (χ4v) is 3.73. The summed E-state index contributed by atoms with van der Waals surface area (Å²) in [5.74, 6) is -2.67. The third-order valence-electron chi connectivity index (χ3n) is 3.66. The van der Waals surface area contributed by atoms with E-state index in [1.54, 1.807) is 0 Å². The van der Waals surface area contributed by atoms with Crippen molar-refractivity contribution in [2.45, 2.75) is 31.7 Å². The highest BCUT2D eigenvalue weighted by Gasteiger charge is 2.30. The number of anilines is 1. The van der Waals surface area contributed by atoms with E-state index in [0.717, 1.165) is 44.1 Å². The molecule has 0 spiro atoms. The average molecular weight is 332 g/mol. The van der Waals surface area contributed by atoms with Crippen molar-refractivity contribution in [2.75, 3.05) is 18.1 Å². The molecule has 0 bridgehead atoms. The van der Waals surface area contributed by atoms with Crippen LogP contribution in [-0.4, -0.2) is 37.5 Å². The molecule has 0 unspecified atom stereocenters. The third-order valence-corrected chi connectivity index (χ3v) is 4.94. The Morgan fingerprint density at radius 3 is 2.45 bits per heavy atom. The van der Waals surface area contributed by atoms with E-state index < -0.39 is 27.6 Å². The van der Waals surface area contributed by atoms with Crippen LogP contribution in [-0.2, 0) is 14.8 Å². The van der Waals surface area contributed by atoms with Crippen molar-refractivity contribution < 1.29 is 22.0 Å². The minimum absolute atomic E-state index is 0.0868. The Morgan fingerprint density at radius 1 is 1.27 bits per heavy atom. The molecule has 1 N–H and O–H groups in total. The molecule has 0 aromatic heterocycles. The maximum atomic E-state index is 13.1. The third kappa shape index (κ3) is 4.23. The molecule has 1 aromatic rings. The van der Waals surface area contributed by atoms with Crippen molar-refractivity contribution in [3.05, 3.63) is 29.8 Å². The molecule has 2 rings (SSSR count). The Balaban J connectivity index is 2.06. The summed E-state index contributed by atoms with van der Waals surface area (Å²) in [5.41, 5.74) is 0.0868. The van der Waals surface area contributed by atoms with Gasteiger partial charge < -0.3 is 5.32 Å².